The van der Waals surface area contributed by atoms with Crippen LogP contribution in [0.25, 0.3) is 0 Å². The van der Waals surface area contributed by atoms with Crippen LogP contribution in [0.5, 0.6) is 0 Å². The highest BCUT2D eigenvalue weighted by Gasteiger charge is 2.75. The Hall–Kier alpha value is -1.01. The molecule has 2 bridgehead atoms. The molecule has 3 aliphatic rings. The summed E-state index contributed by atoms with van der Waals surface area (Å²) in [7, 11) is -2.02. The number of rotatable bonds is 6. The second-order valence-electron chi connectivity index (χ2n) is 10.7. The first kappa shape index (κ1) is 21.2. The number of fused-ring (bicyclic) bond motifs is 1. The molecule has 2 saturated heterocycles. The molecule has 2 heterocycles. The number of hydrogen-bond acceptors (Lipinski definition) is 4. The Kier molecular flexibility index (Phi) is 5.13. The first-order valence-electron chi connectivity index (χ1n) is 11.1. The first-order chi connectivity index (χ1) is 13.5. The highest BCUT2D eigenvalue weighted by molar-refractivity contribution is 6.74. The largest absolute Gasteiger partial charge is 0.410 e. The number of Topliss-reactive ketones (excluding diaryl/α,β-unsaturated/α-hetero) is 1. The average molecular weight is 417 g/mol. The molecule has 2 aliphatic heterocycles. The molecule has 1 spiro atoms. The minimum atomic E-state index is -2.02. The second-order valence-corrected chi connectivity index (χ2v) is 15.5. The topological polar surface area (TPSA) is 44.8 Å². The van der Waals surface area contributed by atoms with E-state index < -0.39 is 19.5 Å². The van der Waals surface area contributed by atoms with Gasteiger partial charge in [0.1, 0.15) is 11.2 Å². The van der Waals surface area contributed by atoms with E-state index in [-0.39, 0.29) is 28.9 Å². The van der Waals surface area contributed by atoms with Gasteiger partial charge in [-0.25, -0.2) is 0 Å². The maximum atomic E-state index is 13.1. The summed E-state index contributed by atoms with van der Waals surface area (Å²) in [4.78, 5) is 13.1. The van der Waals surface area contributed by atoms with Gasteiger partial charge in [-0.05, 0) is 43.0 Å². The Morgan fingerprint density at radius 2 is 1.90 bits per heavy atom. The third-order valence-corrected chi connectivity index (χ3v) is 12.5. The summed E-state index contributed by atoms with van der Waals surface area (Å²) in [6, 6.07) is 10.3. The maximum Gasteiger partial charge on any atom is 0.192 e. The van der Waals surface area contributed by atoms with Gasteiger partial charge in [0, 0.05) is 12.3 Å². The summed E-state index contributed by atoms with van der Waals surface area (Å²) in [5.74, 6) is 0.270. The van der Waals surface area contributed by atoms with Gasteiger partial charge in [0.25, 0.3) is 0 Å². The van der Waals surface area contributed by atoms with E-state index in [4.69, 9.17) is 13.9 Å². The molecule has 3 fully saturated rings. The van der Waals surface area contributed by atoms with Crippen molar-refractivity contribution in [2.75, 3.05) is 0 Å². The van der Waals surface area contributed by atoms with Crippen molar-refractivity contribution in [2.24, 2.45) is 5.92 Å². The SMILES string of the molecule is CC[C@]12CC(=O)[C@@]3(CC[C@H](OCc4ccccc4)[C@H]3[C@@H]1O[Si](C)(C)C(C)(C)C)O2. The van der Waals surface area contributed by atoms with Gasteiger partial charge < -0.3 is 13.9 Å². The zero-order valence-electron chi connectivity index (χ0n) is 18.8. The molecule has 4 rings (SSSR count). The number of carbonyl (C=O) groups is 1. The molecular formula is C24H36O4Si. The van der Waals surface area contributed by atoms with E-state index in [0.717, 1.165) is 24.8 Å². The summed E-state index contributed by atoms with van der Waals surface area (Å²) in [5.41, 5.74) is -0.00731. The summed E-state index contributed by atoms with van der Waals surface area (Å²) < 4.78 is 20.1. The van der Waals surface area contributed by atoms with Crippen LogP contribution in [-0.4, -0.2) is 37.5 Å². The fraction of sp³-hybridized carbons (Fsp3) is 0.708. The van der Waals surface area contributed by atoms with Crippen LogP contribution in [0.1, 0.15) is 58.9 Å². The Morgan fingerprint density at radius 1 is 1.21 bits per heavy atom. The maximum absolute atomic E-state index is 13.1. The molecule has 1 aromatic carbocycles. The van der Waals surface area contributed by atoms with E-state index in [1.165, 1.54) is 0 Å². The number of hydrogen-bond donors (Lipinski definition) is 0. The predicted molar refractivity (Wildman–Crippen MR) is 116 cm³/mol. The van der Waals surface area contributed by atoms with Gasteiger partial charge in [-0.2, -0.15) is 0 Å². The Labute approximate surface area is 176 Å². The smallest absolute Gasteiger partial charge is 0.192 e. The molecule has 0 radical (unpaired) electrons. The first-order valence-corrected chi connectivity index (χ1v) is 14.0. The number of ether oxygens (including phenoxy) is 2. The number of ketones is 1. The van der Waals surface area contributed by atoms with Crippen LogP contribution in [0, 0.1) is 5.92 Å². The Bertz CT molecular complexity index is 771. The molecule has 5 atom stereocenters. The van der Waals surface area contributed by atoms with Gasteiger partial charge in [-0.3, -0.25) is 4.79 Å². The van der Waals surface area contributed by atoms with Crippen molar-refractivity contribution in [1.82, 2.24) is 0 Å². The minimum absolute atomic E-state index is 0.00142. The van der Waals surface area contributed by atoms with Crippen molar-refractivity contribution in [3.05, 3.63) is 35.9 Å². The van der Waals surface area contributed by atoms with Crippen LogP contribution < -0.4 is 0 Å². The molecule has 0 unspecified atom stereocenters. The standard InChI is InChI=1S/C24H36O4Si/c1-7-23-15-19(25)24(28-23)14-13-18(26-16-17-11-9-8-10-12-17)20(24)21(23)27-29(5,6)22(2,3)4/h8-12,18,20-21H,7,13-16H2,1-6H3/t18-,20-,21-,23-,24+/m0/s1. The number of carbonyl (C=O) groups excluding carboxylic acids is 1. The molecule has 0 amide bonds. The molecule has 160 valence electrons. The molecule has 0 N–H and O–H groups in total. The number of benzene rings is 1. The van der Waals surface area contributed by atoms with E-state index in [9.17, 15) is 4.79 Å². The van der Waals surface area contributed by atoms with Crippen LogP contribution >= 0.6 is 0 Å². The molecule has 4 nitrogen and oxygen atoms in total. The second kappa shape index (κ2) is 7.01. The van der Waals surface area contributed by atoms with Crippen LogP contribution in [0.2, 0.25) is 18.1 Å². The van der Waals surface area contributed by atoms with Crippen LogP contribution in [0.15, 0.2) is 30.3 Å². The third kappa shape index (κ3) is 3.25. The fourth-order valence-electron chi connectivity index (χ4n) is 5.29. The zero-order chi connectivity index (χ0) is 21.1. The van der Waals surface area contributed by atoms with Crippen molar-refractivity contribution in [3.8, 4) is 0 Å². The monoisotopic (exact) mass is 416 g/mol. The summed E-state index contributed by atoms with van der Waals surface area (Å²) in [5, 5.41) is 0.111. The highest BCUT2D eigenvalue weighted by atomic mass is 28.4. The highest BCUT2D eigenvalue weighted by Crippen LogP contribution is 2.62. The van der Waals surface area contributed by atoms with Gasteiger partial charge in [0.05, 0.1) is 18.8 Å². The van der Waals surface area contributed by atoms with Gasteiger partial charge >= 0.3 is 0 Å². The van der Waals surface area contributed by atoms with E-state index in [0.29, 0.717) is 13.0 Å². The minimum Gasteiger partial charge on any atom is -0.410 e. The predicted octanol–water partition coefficient (Wildman–Crippen LogP) is 5.26. The molecule has 29 heavy (non-hydrogen) atoms. The normalized spacial score (nSPS) is 36.6. The van der Waals surface area contributed by atoms with E-state index >= 15 is 0 Å². The van der Waals surface area contributed by atoms with Gasteiger partial charge in [0.15, 0.2) is 14.1 Å². The summed E-state index contributed by atoms with van der Waals surface area (Å²) >= 11 is 0. The molecule has 1 aromatic rings. The van der Waals surface area contributed by atoms with Crippen LogP contribution in [0.4, 0.5) is 0 Å². The lowest BCUT2D eigenvalue weighted by Gasteiger charge is -2.45. The average Bonchev–Trinajstić information content (AvgIpc) is 3.25. The van der Waals surface area contributed by atoms with Crippen molar-refractivity contribution in [1.29, 1.82) is 0 Å². The van der Waals surface area contributed by atoms with Gasteiger partial charge in [-0.1, -0.05) is 58.0 Å². The molecular weight excluding hydrogens is 380 g/mol. The molecule has 5 heteroatoms. The van der Waals surface area contributed by atoms with Crippen molar-refractivity contribution >= 4 is 14.1 Å². The van der Waals surface area contributed by atoms with E-state index in [1.54, 1.807) is 0 Å². The summed E-state index contributed by atoms with van der Waals surface area (Å²) in [6.45, 7) is 14.1. The van der Waals surface area contributed by atoms with Crippen molar-refractivity contribution < 1.29 is 18.7 Å². The van der Waals surface area contributed by atoms with Crippen LogP contribution in [0.3, 0.4) is 0 Å². The van der Waals surface area contributed by atoms with Crippen molar-refractivity contribution in [2.45, 2.75) is 102 Å². The third-order valence-electron chi connectivity index (χ3n) is 8.03. The van der Waals surface area contributed by atoms with Crippen LogP contribution in [-0.2, 0) is 25.3 Å². The molecule has 0 aromatic heterocycles. The lowest BCUT2D eigenvalue weighted by Crippen LogP contribution is -2.57. The van der Waals surface area contributed by atoms with E-state index in [1.807, 2.05) is 18.2 Å². The molecule has 1 aliphatic carbocycles. The zero-order valence-corrected chi connectivity index (χ0v) is 19.8. The lowest BCUT2D eigenvalue weighted by atomic mass is 9.71. The lowest BCUT2D eigenvalue weighted by molar-refractivity contribution is -0.135. The van der Waals surface area contributed by atoms with Gasteiger partial charge in [-0.15, -0.1) is 0 Å². The fourth-order valence-corrected chi connectivity index (χ4v) is 6.64. The molecule has 1 saturated carbocycles. The van der Waals surface area contributed by atoms with E-state index in [2.05, 4.69) is 52.9 Å². The summed E-state index contributed by atoms with van der Waals surface area (Å²) in [6.07, 6.45) is 2.86. The Morgan fingerprint density at radius 3 is 2.52 bits per heavy atom. The quantitative estimate of drug-likeness (QED) is 0.593. The Balaban J connectivity index is 1.63. The van der Waals surface area contributed by atoms with Crippen molar-refractivity contribution in [3.63, 3.8) is 0 Å². The van der Waals surface area contributed by atoms with Gasteiger partial charge in [0.2, 0.25) is 0 Å².